The third-order valence-corrected chi connectivity index (χ3v) is 6.94. The number of aryl methyl sites for hydroxylation is 1. The molecule has 1 heterocycles. The molecule has 0 aliphatic heterocycles. The fraction of sp³-hybridized carbons (Fsp3) is 0.375. The van der Waals surface area contributed by atoms with Crippen LogP contribution >= 0.6 is 0 Å². The zero-order chi connectivity index (χ0) is 22.1. The van der Waals surface area contributed by atoms with Crippen molar-refractivity contribution in [2.45, 2.75) is 63.9 Å². The molecule has 0 radical (unpaired) electrons. The Kier molecular flexibility index (Phi) is 6.36. The number of sulfone groups is 1. The molecule has 1 aromatic heterocycles. The number of fused-ring (bicyclic) bond motifs is 1. The fourth-order valence-electron chi connectivity index (χ4n) is 4.09. The molecule has 0 fully saturated rings. The molecule has 160 valence electrons. The smallest absolute Gasteiger partial charge is 0.242 e. The normalized spacial score (nSPS) is 12.1. The molecule has 0 atom stereocenters. The van der Waals surface area contributed by atoms with Gasteiger partial charge in [-0.2, -0.15) is 0 Å². The highest BCUT2D eigenvalue weighted by molar-refractivity contribution is 7.90. The van der Waals surface area contributed by atoms with E-state index in [1.54, 1.807) is 10.8 Å². The van der Waals surface area contributed by atoms with E-state index in [1.165, 1.54) is 0 Å². The van der Waals surface area contributed by atoms with E-state index < -0.39 is 9.84 Å². The number of amides is 1. The lowest BCUT2D eigenvalue weighted by atomic mass is 10.2. The number of para-hydroxylation sites is 1. The van der Waals surface area contributed by atoms with Crippen LogP contribution in [0.3, 0.4) is 0 Å². The first-order valence-electron chi connectivity index (χ1n) is 10.3. The van der Waals surface area contributed by atoms with Gasteiger partial charge in [-0.05, 0) is 46.2 Å². The third-order valence-electron chi connectivity index (χ3n) is 5.23. The zero-order valence-electron chi connectivity index (χ0n) is 18.3. The first-order valence-corrected chi connectivity index (χ1v) is 11.9. The number of nitrogens with zero attached hydrogens (tertiary/aromatic N) is 2. The molecule has 0 saturated heterocycles. The average molecular weight is 427 g/mol. The SMILES string of the molecule is Cc1cccc(CS(=O)(=O)c2cn(CC(=O)N(C(C)C)C(C)C)c3ccccc23)c1. The third kappa shape index (κ3) is 4.59. The van der Waals surface area contributed by atoms with Crippen LogP contribution in [0.5, 0.6) is 0 Å². The lowest BCUT2D eigenvalue weighted by molar-refractivity contribution is -0.135. The van der Waals surface area contributed by atoms with Crippen LogP contribution in [-0.4, -0.2) is 35.9 Å². The molecule has 0 unspecified atom stereocenters. The van der Waals surface area contributed by atoms with Crippen molar-refractivity contribution in [3.8, 4) is 0 Å². The van der Waals surface area contributed by atoms with Crippen molar-refractivity contribution in [3.05, 3.63) is 65.9 Å². The highest BCUT2D eigenvalue weighted by Crippen LogP contribution is 2.28. The second kappa shape index (κ2) is 8.64. The van der Waals surface area contributed by atoms with E-state index in [1.807, 2.05) is 88.0 Å². The van der Waals surface area contributed by atoms with Crippen LogP contribution in [-0.2, 0) is 26.9 Å². The van der Waals surface area contributed by atoms with Crippen molar-refractivity contribution in [2.75, 3.05) is 0 Å². The summed E-state index contributed by atoms with van der Waals surface area (Å²) in [6.07, 6.45) is 1.62. The number of carbonyl (C=O) groups excluding carboxylic acids is 1. The Labute approximate surface area is 179 Å². The maximum atomic E-state index is 13.3. The van der Waals surface area contributed by atoms with E-state index in [-0.39, 0.29) is 35.2 Å². The number of rotatable bonds is 7. The van der Waals surface area contributed by atoms with Crippen molar-refractivity contribution < 1.29 is 13.2 Å². The molecule has 0 spiro atoms. The van der Waals surface area contributed by atoms with E-state index in [2.05, 4.69) is 0 Å². The van der Waals surface area contributed by atoms with Gasteiger partial charge in [0.15, 0.2) is 9.84 Å². The quantitative estimate of drug-likeness (QED) is 0.556. The predicted octanol–water partition coefficient (Wildman–Crippen LogP) is 4.57. The fourth-order valence-corrected chi connectivity index (χ4v) is 5.66. The van der Waals surface area contributed by atoms with Gasteiger partial charge in [-0.1, -0.05) is 48.0 Å². The number of aromatic nitrogens is 1. The highest BCUT2D eigenvalue weighted by Gasteiger charge is 2.25. The molecule has 5 nitrogen and oxygen atoms in total. The summed E-state index contributed by atoms with van der Waals surface area (Å²) >= 11 is 0. The van der Waals surface area contributed by atoms with Crippen molar-refractivity contribution in [3.63, 3.8) is 0 Å². The lowest BCUT2D eigenvalue weighted by Gasteiger charge is -2.31. The lowest BCUT2D eigenvalue weighted by Crippen LogP contribution is -2.43. The molecule has 1 amide bonds. The van der Waals surface area contributed by atoms with E-state index in [0.29, 0.717) is 5.39 Å². The predicted molar refractivity (Wildman–Crippen MR) is 121 cm³/mol. The van der Waals surface area contributed by atoms with Gasteiger partial charge in [0.2, 0.25) is 5.91 Å². The Morgan fingerprint density at radius 3 is 2.30 bits per heavy atom. The summed E-state index contributed by atoms with van der Waals surface area (Å²) in [4.78, 5) is 15.1. The molecule has 30 heavy (non-hydrogen) atoms. The Hall–Kier alpha value is -2.60. The Morgan fingerprint density at radius 1 is 1.00 bits per heavy atom. The van der Waals surface area contributed by atoms with Gasteiger partial charge >= 0.3 is 0 Å². The van der Waals surface area contributed by atoms with Gasteiger partial charge < -0.3 is 9.47 Å². The molecule has 0 aliphatic rings. The van der Waals surface area contributed by atoms with Crippen LogP contribution in [0, 0.1) is 6.92 Å². The highest BCUT2D eigenvalue weighted by atomic mass is 32.2. The van der Waals surface area contributed by atoms with Gasteiger partial charge in [0.05, 0.1) is 10.6 Å². The van der Waals surface area contributed by atoms with Gasteiger partial charge in [-0.15, -0.1) is 0 Å². The van der Waals surface area contributed by atoms with Gasteiger partial charge in [-0.3, -0.25) is 4.79 Å². The van der Waals surface area contributed by atoms with Crippen LogP contribution in [0.1, 0.15) is 38.8 Å². The molecule has 0 N–H and O–H groups in total. The number of carbonyl (C=O) groups is 1. The van der Waals surface area contributed by atoms with E-state index in [0.717, 1.165) is 16.6 Å². The second-order valence-electron chi connectivity index (χ2n) is 8.38. The van der Waals surface area contributed by atoms with Gasteiger partial charge in [0.1, 0.15) is 6.54 Å². The summed E-state index contributed by atoms with van der Waals surface area (Å²) < 4.78 is 28.3. The Morgan fingerprint density at radius 2 is 1.67 bits per heavy atom. The van der Waals surface area contributed by atoms with Crippen LogP contribution in [0.15, 0.2) is 59.6 Å². The zero-order valence-corrected chi connectivity index (χ0v) is 19.1. The summed E-state index contributed by atoms with van der Waals surface area (Å²) in [7, 11) is -3.57. The summed E-state index contributed by atoms with van der Waals surface area (Å²) in [6.45, 7) is 10.0. The van der Waals surface area contributed by atoms with Crippen molar-refractivity contribution in [1.82, 2.24) is 9.47 Å². The van der Waals surface area contributed by atoms with Gasteiger partial charge in [0.25, 0.3) is 0 Å². The van der Waals surface area contributed by atoms with E-state index >= 15 is 0 Å². The molecule has 3 aromatic rings. The minimum Gasteiger partial charge on any atom is -0.337 e. The van der Waals surface area contributed by atoms with Crippen LogP contribution < -0.4 is 0 Å². The Balaban J connectivity index is 2.01. The van der Waals surface area contributed by atoms with Crippen LogP contribution in [0.2, 0.25) is 0 Å². The molecule has 3 rings (SSSR count). The van der Waals surface area contributed by atoms with Crippen molar-refractivity contribution >= 4 is 26.6 Å². The minimum atomic E-state index is -3.57. The number of hydrogen-bond acceptors (Lipinski definition) is 3. The standard InChI is InChI=1S/C24H30N2O3S/c1-17(2)26(18(3)4)24(27)15-25-14-23(21-11-6-7-12-22(21)25)30(28,29)16-20-10-8-9-19(5)13-20/h6-14,17-18H,15-16H2,1-5H3. The summed E-state index contributed by atoms with van der Waals surface area (Å²) in [5.74, 6) is -0.0933. The number of hydrogen-bond donors (Lipinski definition) is 0. The second-order valence-corrected chi connectivity index (χ2v) is 10.3. The first kappa shape index (κ1) is 22.1. The molecule has 0 bridgehead atoms. The molecule has 6 heteroatoms. The summed E-state index contributed by atoms with van der Waals surface area (Å²) in [5, 5.41) is 0.651. The van der Waals surface area contributed by atoms with Gasteiger partial charge in [-0.25, -0.2) is 8.42 Å². The summed E-state index contributed by atoms with van der Waals surface area (Å²) in [5.41, 5.74) is 2.54. The summed E-state index contributed by atoms with van der Waals surface area (Å²) in [6, 6.07) is 15.0. The molecule has 0 saturated carbocycles. The van der Waals surface area contributed by atoms with E-state index in [9.17, 15) is 13.2 Å². The Bertz CT molecular complexity index is 1150. The topological polar surface area (TPSA) is 59.4 Å². The molecular formula is C24H30N2O3S. The molecule has 0 aliphatic carbocycles. The maximum absolute atomic E-state index is 13.3. The number of benzene rings is 2. The van der Waals surface area contributed by atoms with Crippen molar-refractivity contribution in [2.24, 2.45) is 0 Å². The molecule has 2 aromatic carbocycles. The maximum Gasteiger partial charge on any atom is 0.242 e. The largest absolute Gasteiger partial charge is 0.337 e. The first-order chi connectivity index (χ1) is 14.1. The van der Waals surface area contributed by atoms with Crippen LogP contribution in [0.25, 0.3) is 10.9 Å². The average Bonchev–Trinajstić information content (AvgIpc) is 3.00. The van der Waals surface area contributed by atoms with Crippen molar-refractivity contribution in [1.29, 1.82) is 0 Å². The minimum absolute atomic E-state index is 0.0246. The van der Waals surface area contributed by atoms with Gasteiger partial charge in [0, 0.05) is 29.2 Å². The monoisotopic (exact) mass is 426 g/mol. The van der Waals surface area contributed by atoms with Crippen LogP contribution in [0.4, 0.5) is 0 Å². The molecular weight excluding hydrogens is 396 g/mol. The van der Waals surface area contributed by atoms with E-state index in [4.69, 9.17) is 0 Å².